The van der Waals surface area contributed by atoms with Gasteiger partial charge in [0.25, 0.3) is 0 Å². The van der Waals surface area contributed by atoms with E-state index in [1.54, 1.807) is 0 Å². The van der Waals surface area contributed by atoms with Crippen LogP contribution in [0.2, 0.25) is 0 Å². The fourth-order valence-electron chi connectivity index (χ4n) is 2.92. The maximum atomic E-state index is 11.0. The van der Waals surface area contributed by atoms with Gasteiger partial charge in [0.05, 0.1) is 19.8 Å². The van der Waals surface area contributed by atoms with Gasteiger partial charge in [0.15, 0.2) is 18.3 Å². The lowest BCUT2D eigenvalue weighted by Crippen LogP contribution is -2.56. The first-order valence-corrected chi connectivity index (χ1v) is 7.47. The third-order valence-electron chi connectivity index (χ3n) is 4.64. The minimum absolute atomic E-state index is 0.960. The zero-order valence-corrected chi connectivity index (χ0v) is 13.7. The molecule has 0 aliphatic carbocycles. The van der Waals surface area contributed by atoms with Crippen LogP contribution < -0.4 is 0 Å². The lowest BCUT2D eigenvalue weighted by Gasteiger charge is -2.50. The average Bonchev–Trinajstić information content (AvgIpc) is 2.56. The summed E-state index contributed by atoms with van der Waals surface area (Å²) in [4.78, 5) is 33.0. The molecule has 0 spiro atoms. The highest BCUT2D eigenvalue weighted by Crippen LogP contribution is 2.50. The molecule has 9 N–H and O–H groups in total. The molecule has 0 heterocycles. The minimum atomic E-state index is -2.22. The summed E-state index contributed by atoms with van der Waals surface area (Å²) in [5, 5.41) is 84.9. The number of carboxylic acids is 3. The summed E-state index contributed by atoms with van der Waals surface area (Å²) in [5.41, 5.74) is -4.28. The molecule has 0 amide bonds. The van der Waals surface area contributed by atoms with Crippen molar-refractivity contribution in [1.82, 2.24) is 0 Å². The predicted molar refractivity (Wildman–Crippen MR) is 80.9 cm³/mol. The number of rotatable bonds is 13. The molecule has 0 bridgehead atoms. The van der Waals surface area contributed by atoms with Crippen LogP contribution in [-0.2, 0) is 14.4 Å². The summed E-state index contributed by atoms with van der Waals surface area (Å²) in [7, 11) is 0. The Morgan fingerprint density at radius 2 is 0.808 bits per heavy atom. The molecule has 12 heteroatoms. The Bertz CT molecular complexity index is 437. The fourth-order valence-corrected chi connectivity index (χ4v) is 2.92. The van der Waals surface area contributed by atoms with Crippen molar-refractivity contribution < 1.29 is 60.3 Å². The number of aliphatic carboxylic acids is 3. The molecule has 0 aromatic rings. The quantitative estimate of drug-likeness (QED) is 0.150. The van der Waals surface area contributed by atoms with Gasteiger partial charge in [0.2, 0.25) is 0 Å². The summed E-state index contributed by atoms with van der Waals surface area (Å²) < 4.78 is 0. The van der Waals surface area contributed by atoms with Crippen LogP contribution in [0.3, 0.4) is 0 Å². The van der Waals surface area contributed by atoms with E-state index in [0.717, 1.165) is 0 Å². The number of carboxylic acid groups (broad SMARTS) is 3. The minimum Gasteiger partial charge on any atom is -0.479 e. The molecule has 0 rings (SSSR count). The van der Waals surface area contributed by atoms with Gasteiger partial charge in [-0.1, -0.05) is 0 Å². The lowest BCUT2D eigenvalue weighted by molar-refractivity contribution is -0.174. The SMILES string of the molecule is O=C(O)C(O)CC(CC(O)C(=O)O)(CC(O)C(=O)O)C(CO)(CO)CO. The highest BCUT2D eigenvalue weighted by Gasteiger charge is 2.55. The Kier molecular flexibility index (Phi) is 9.07. The largest absolute Gasteiger partial charge is 0.479 e. The topological polar surface area (TPSA) is 233 Å². The van der Waals surface area contributed by atoms with Gasteiger partial charge in [-0.3, -0.25) is 0 Å². The second-order valence-electron chi connectivity index (χ2n) is 6.21. The molecular weight excluding hydrogens is 360 g/mol. The summed E-state index contributed by atoms with van der Waals surface area (Å²) >= 11 is 0. The first-order chi connectivity index (χ1) is 11.9. The molecule has 0 saturated carbocycles. The van der Waals surface area contributed by atoms with E-state index in [0.29, 0.717) is 0 Å². The van der Waals surface area contributed by atoms with E-state index in [1.165, 1.54) is 0 Å². The van der Waals surface area contributed by atoms with Crippen molar-refractivity contribution in [3.8, 4) is 0 Å². The summed E-state index contributed by atoms with van der Waals surface area (Å²) in [6.45, 7) is -3.24. The molecule has 0 radical (unpaired) electrons. The second-order valence-corrected chi connectivity index (χ2v) is 6.21. The number of carbonyl (C=O) groups is 3. The Hall–Kier alpha value is -1.83. The molecule has 0 aromatic heterocycles. The van der Waals surface area contributed by atoms with Crippen molar-refractivity contribution in [3.63, 3.8) is 0 Å². The average molecular weight is 384 g/mol. The Morgan fingerprint density at radius 1 is 0.577 bits per heavy atom. The Labute approximate surface area is 147 Å². The van der Waals surface area contributed by atoms with E-state index < -0.39 is 86.1 Å². The second kappa shape index (κ2) is 9.75. The number of aliphatic hydroxyl groups excluding tert-OH is 6. The van der Waals surface area contributed by atoms with Gasteiger partial charge in [0, 0.05) is 5.41 Å². The molecule has 0 aromatic carbocycles. The molecule has 12 nitrogen and oxygen atoms in total. The van der Waals surface area contributed by atoms with Crippen molar-refractivity contribution >= 4 is 17.9 Å². The lowest BCUT2D eigenvalue weighted by atomic mass is 9.56. The van der Waals surface area contributed by atoms with E-state index in [1.807, 2.05) is 0 Å². The number of hydrogen-bond acceptors (Lipinski definition) is 9. The van der Waals surface area contributed by atoms with Crippen LogP contribution >= 0.6 is 0 Å². The third kappa shape index (κ3) is 5.33. The zero-order chi connectivity index (χ0) is 20.7. The molecular formula is C14H24O12. The van der Waals surface area contributed by atoms with Crippen LogP contribution in [0.5, 0.6) is 0 Å². The van der Waals surface area contributed by atoms with E-state index in [9.17, 15) is 45.0 Å². The molecule has 3 unspecified atom stereocenters. The Balaban J connectivity index is 6.41. The zero-order valence-electron chi connectivity index (χ0n) is 13.7. The maximum absolute atomic E-state index is 11.0. The van der Waals surface area contributed by atoms with E-state index in [-0.39, 0.29) is 0 Å². The molecule has 0 fully saturated rings. The maximum Gasteiger partial charge on any atom is 0.332 e. The Morgan fingerprint density at radius 3 is 0.962 bits per heavy atom. The van der Waals surface area contributed by atoms with Gasteiger partial charge in [0.1, 0.15) is 0 Å². The van der Waals surface area contributed by atoms with Crippen molar-refractivity contribution in [3.05, 3.63) is 0 Å². The molecule has 0 saturated heterocycles. The predicted octanol–water partition coefficient (Wildman–Crippen LogP) is -3.56. The number of hydrogen-bond donors (Lipinski definition) is 9. The summed E-state index contributed by atoms with van der Waals surface area (Å²) in [5.74, 6) is -5.36. The van der Waals surface area contributed by atoms with Crippen LogP contribution in [0.4, 0.5) is 0 Å². The van der Waals surface area contributed by atoms with Gasteiger partial charge in [-0.25, -0.2) is 14.4 Å². The first kappa shape index (κ1) is 24.2. The third-order valence-corrected chi connectivity index (χ3v) is 4.64. The summed E-state index contributed by atoms with van der Waals surface area (Å²) in [6, 6.07) is 0. The van der Waals surface area contributed by atoms with Gasteiger partial charge < -0.3 is 46.0 Å². The fraction of sp³-hybridized carbons (Fsp3) is 0.786. The van der Waals surface area contributed by atoms with Crippen LogP contribution in [-0.4, -0.2) is 102 Å². The monoisotopic (exact) mass is 384 g/mol. The van der Waals surface area contributed by atoms with E-state index in [2.05, 4.69) is 0 Å². The van der Waals surface area contributed by atoms with Crippen molar-refractivity contribution in [2.24, 2.45) is 10.8 Å². The molecule has 0 aliphatic rings. The standard InChI is InChI=1S/C14H24O12/c15-4-14(5-16,6-17)13(1-7(18)10(21)22,2-8(19)11(23)24)3-9(20)12(25)26/h7-9,15-20H,1-6H2,(H,21,22)(H,23,24)(H,25,26). The molecule has 152 valence electrons. The van der Waals surface area contributed by atoms with Crippen molar-refractivity contribution in [1.29, 1.82) is 0 Å². The molecule has 3 atom stereocenters. The van der Waals surface area contributed by atoms with Crippen LogP contribution in [0.15, 0.2) is 0 Å². The van der Waals surface area contributed by atoms with Crippen molar-refractivity contribution in [2.75, 3.05) is 19.8 Å². The summed E-state index contributed by atoms with van der Waals surface area (Å²) in [6.07, 6.45) is -9.54. The van der Waals surface area contributed by atoms with Gasteiger partial charge in [-0.15, -0.1) is 0 Å². The molecule has 26 heavy (non-hydrogen) atoms. The normalized spacial score (nSPS) is 17.8. The van der Waals surface area contributed by atoms with Crippen molar-refractivity contribution in [2.45, 2.75) is 37.6 Å². The van der Waals surface area contributed by atoms with E-state index >= 15 is 0 Å². The smallest absolute Gasteiger partial charge is 0.332 e. The van der Waals surface area contributed by atoms with Gasteiger partial charge >= 0.3 is 17.9 Å². The number of aliphatic hydroxyl groups is 6. The molecule has 0 aliphatic heterocycles. The van der Waals surface area contributed by atoms with E-state index in [4.69, 9.17) is 15.3 Å². The first-order valence-electron chi connectivity index (χ1n) is 7.47. The highest BCUT2D eigenvalue weighted by molar-refractivity contribution is 5.74. The van der Waals surface area contributed by atoms with Gasteiger partial charge in [-0.05, 0) is 24.7 Å². The van der Waals surface area contributed by atoms with Crippen LogP contribution in [0.1, 0.15) is 19.3 Å². The highest BCUT2D eigenvalue weighted by atomic mass is 16.4. The van der Waals surface area contributed by atoms with Crippen LogP contribution in [0, 0.1) is 10.8 Å². The van der Waals surface area contributed by atoms with Gasteiger partial charge in [-0.2, -0.15) is 0 Å². The van der Waals surface area contributed by atoms with Crippen LogP contribution in [0.25, 0.3) is 0 Å².